The van der Waals surface area contributed by atoms with Gasteiger partial charge in [-0.3, -0.25) is 4.90 Å². The van der Waals surface area contributed by atoms with Crippen molar-refractivity contribution in [3.05, 3.63) is 0 Å². The summed E-state index contributed by atoms with van der Waals surface area (Å²) in [6.07, 6.45) is 3.63. The molecule has 1 aliphatic carbocycles. The number of carbonyl (C=O) groups is 2. The van der Waals surface area contributed by atoms with Gasteiger partial charge in [0.2, 0.25) is 0 Å². The first kappa shape index (κ1) is 14.2. The Balaban J connectivity index is 2.14. The first-order valence-corrected chi connectivity index (χ1v) is 7.02. The normalized spacial score (nSPS) is 30.9. The van der Waals surface area contributed by atoms with Crippen molar-refractivity contribution in [2.45, 2.75) is 58.1 Å². The molecule has 0 bridgehead atoms. The van der Waals surface area contributed by atoms with Crippen molar-refractivity contribution in [1.29, 1.82) is 0 Å². The van der Waals surface area contributed by atoms with Crippen molar-refractivity contribution in [2.75, 3.05) is 6.54 Å². The molecular formula is C14H23NO4. The number of fused-ring (bicyclic) bond motifs is 1. The van der Waals surface area contributed by atoms with Crippen LogP contribution in [0.5, 0.6) is 0 Å². The van der Waals surface area contributed by atoms with Gasteiger partial charge in [0.1, 0.15) is 11.6 Å². The summed E-state index contributed by atoms with van der Waals surface area (Å²) in [5.74, 6) is -0.485. The largest absolute Gasteiger partial charge is 0.480 e. The molecule has 1 saturated carbocycles. The summed E-state index contributed by atoms with van der Waals surface area (Å²) in [5, 5.41) is 9.42. The predicted octanol–water partition coefficient (Wildman–Crippen LogP) is 2.50. The van der Waals surface area contributed by atoms with Crippen molar-refractivity contribution < 1.29 is 19.4 Å². The molecule has 108 valence electrons. The monoisotopic (exact) mass is 269 g/mol. The number of likely N-dealkylation sites (tertiary alicyclic amines) is 1. The minimum atomic E-state index is -0.903. The molecule has 1 heterocycles. The van der Waals surface area contributed by atoms with Crippen LogP contribution in [0, 0.1) is 11.8 Å². The number of hydrogen-bond acceptors (Lipinski definition) is 3. The van der Waals surface area contributed by atoms with Crippen LogP contribution in [0.25, 0.3) is 0 Å². The number of carbonyl (C=O) groups excluding carboxylic acids is 1. The van der Waals surface area contributed by atoms with E-state index < -0.39 is 23.7 Å². The highest BCUT2D eigenvalue weighted by atomic mass is 16.6. The maximum atomic E-state index is 12.2. The maximum Gasteiger partial charge on any atom is 0.411 e. The van der Waals surface area contributed by atoms with E-state index in [2.05, 4.69) is 0 Å². The van der Waals surface area contributed by atoms with E-state index in [0.717, 1.165) is 25.7 Å². The van der Waals surface area contributed by atoms with Crippen molar-refractivity contribution >= 4 is 12.1 Å². The molecule has 0 radical (unpaired) electrons. The van der Waals surface area contributed by atoms with E-state index in [4.69, 9.17) is 4.74 Å². The second kappa shape index (κ2) is 5.02. The van der Waals surface area contributed by atoms with E-state index in [1.165, 1.54) is 4.90 Å². The first-order chi connectivity index (χ1) is 8.79. The lowest BCUT2D eigenvalue weighted by Gasteiger charge is -2.29. The standard InChI is InChI=1S/C14H23NO4/c1-14(2,3)19-13(18)15-8-9-6-4-5-7-10(9)11(15)12(16)17/h9-11H,4-8H2,1-3H3,(H,16,17)/t9-,10-,11-/m0/s1. The van der Waals surface area contributed by atoms with Gasteiger partial charge in [-0.1, -0.05) is 12.8 Å². The Labute approximate surface area is 113 Å². The zero-order valence-electron chi connectivity index (χ0n) is 11.9. The van der Waals surface area contributed by atoms with Gasteiger partial charge in [0, 0.05) is 6.54 Å². The van der Waals surface area contributed by atoms with Gasteiger partial charge in [-0.15, -0.1) is 0 Å². The minimum absolute atomic E-state index is 0.0961. The van der Waals surface area contributed by atoms with E-state index in [0.29, 0.717) is 12.5 Å². The van der Waals surface area contributed by atoms with Crippen LogP contribution in [0.3, 0.4) is 0 Å². The lowest BCUT2D eigenvalue weighted by Crippen LogP contribution is -2.45. The Hall–Kier alpha value is -1.26. The average molecular weight is 269 g/mol. The smallest absolute Gasteiger partial charge is 0.411 e. The molecule has 2 aliphatic rings. The van der Waals surface area contributed by atoms with Crippen LogP contribution in [-0.2, 0) is 9.53 Å². The lowest BCUT2D eigenvalue weighted by atomic mass is 9.78. The van der Waals surface area contributed by atoms with Crippen molar-refractivity contribution in [3.8, 4) is 0 Å². The Kier molecular flexibility index (Phi) is 3.74. The van der Waals surface area contributed by atoms with Gasteiger partial charge in [0.15, 0.2) is 0 Å². The maximum absolute atomic E-state index is 12.2. The number of carboxylic acid groups (broad SMARTS) is 1. The Morgan fingerprint density at radius 3 is 2.42 bits per heavy atom. The third kappa shape index (κ3) is 3.01. The minimum Gasteiger partial charge on any atom is -0.480 e. The van der Waals surface area contributed by atoms with Gasteiger partial charge in [-0.25, -0.2) is 9.59 Å². The van der Waals surface area contributed by atoms with Gasteiger partial charge in [0.05, 0.1) is 0 Å². The van der Waals surface area contributed by atoms with Crippen LogP contribution >= 0.6 is 0 Å². The van der Waals surface area contributed by atoms with Crippen LogP contribution < -0.4 is 0 Å². The molecule has 0 unspecified atom stereocenters. The van der Waals surface area contributed by atoms with E-state index in [1.807, 2.05) is 0 Å². The van der Waals surface area contributed by atoms with Gasteiger partial charge in [-0.2, -0.15) is 0 Å². The number of carboxylic acids is 1. The molecule has 3 atom stereocenters. The second-order valence-corrected chi connectivity index (χ2v) is 6.62. The molecule has 0 aromatic rings. The molecule has 0 aromatic carbocycles. The van der Waals surface area contributed by atoms with E-state index >= 15 is 0 Å². The Morgan fingerprint density at radius 1 is 1.21 bits per heavy atom. The van der Waals surface area contributed by atoms with Gasteiger partial charge in [0.25, 0.3) is 0 Å². The topological polar surface area (TPSA) is 66.8 Å². The third-order valence-electron chi connectivity index (χ3n) is 4.02. The number of nitrogens with zero attached hydrogens (tertiary/aromatic N) is 1. The van der Waals surface area contributed by atoms with Crippen LogP contribution in [-0.4, -0.2) is 40.3 Å². The number of ether oxygens (including phenoxy) is 1. The van der Waals surface area contributed by atoms with E-state index in [-0.39, 0.29) is 5.92 Å². The molecule has 2 fully saturated rings. The van der Waals surface area contributed by atoms with Crippen molar-refractivity contribution in [3.63, 3.8) is 0 Å². The number of rotatable bonds is 1. The predicted molar refractivity (Wildman–Crippen MR) is 69.8 cm³/mol. The van der Waals surface area contributed by atoms with Gasteiger partial charge < -0.3 is 9.84 Å². The van der Waals surface area contributed by atoms with Crippen LogP contribution in [0.4, 0.5) is 4.79 Å². The summed E-state index contributed by atoms with van der Waals surface area (Å²) >= 11 is 0. The number of aliphatic carboxylic acids is 1. The molecule has 0 spiro atoms. The highest BCUT2D eigenvalue weighted by molar-refractivity contribution is 5.81. The summed E-state index contributed by atoms with van der Waals surface area (Å²) in [5.41, 5.74) is -0.589. The summed E-state index contributed by atoms with van der Waals surface area (Å²) in [6.45, 7) is 5.91. The molecule has 1 saturated heterocycles. The summed E-state index contributed by atoms with van der Waals surface area (Å²) in [6, 6.07) is -0.708. The van der Waals surface area contributed by atoms with Crippen molar-refractivity contribution in [2.24, 2.45) is 11.8 Å². The van der Waals surface area contributed by atoms with Crippen LogP contribution in [0.1, 0.15) is 46.5 Å². The van der Waals surface area contributed by atoms with Gasteiger partial charge >= 0.3 is 12.1 Å². The molecular weight excluding hydrogens is 246 g/mol. The summed E-state index contributed by atoms with van der Waals surface area (Å²) < 4.78 is 5.33. The zero-order chi connectivity index (χ0) is 14.2. The third-order valence-corrected chi connectivity index (χ3v) is 4.02. The Morgan fingerprint density at radius 2 is 1.84 bits per heavy atom. The van der Waals surface area contributed by atoms with Crippen LogP contribution in [0.15, 0.2) is 0 Å². The van der Waals surface area contributed by atoms with E-state index in [9.17, 15) is 14.7 Å². The Bertz CT molecular complexity index is 374. The molecule has 1 amide bonds. The molecule has 2 rings (SSSR count). The highest BCUT2D eigenvalue weighted by Gasteiger charge is 2.49. The molecule has 1 N–H and O–H groups in total. The molecule has 5 heteroatoms. The molecule has 0 aromatic heterocycles. The fourth-order valence-electron chi connectivity index (χ4n) is 3.30. The lowest BCUT2D eigenvalue weighted by molar-refractivity contribution is -0.143. The highest BCUT2D eigenvalue weighted by Crippen LogP contribution is 2.41. The SMILES string of the molecule is CC(C)(C)OC(=O)N1C[C@@H]2CCCC[C@@H]2[C@H]1C(=O)O. The second-order valence-electron chi connectivity index (χ2n) is 6.62. The number of hydrogen-bond donors (Lipinski definition) is 1. The fourth-order valence-corrected chi connectivity index (χ4v) is 3.30. The van der Waals surface area contributed by atoms with Gasteiger partial charge in [-0.05, 0) is 45.4 Å². The van der Waals surface area contributed by atoms with E-state index in [1.54, 1.807) is 20.8 Å². The summed E-state index contributed by atoms with van der Waals surface area (Å²) in [7, 11) is 0. The first-order valence-electron chi connectivity index (χ1n) is 7.02. The number of amides is 1. The molecule has 5 nitrogen and oxygen atoms in total. The van der Waals surface area contributed by atoms with Crippen LogP contribution in [0.2, 0.25) is 0 Å². The fraction of sp³-hybridized carbons (Fsp3) is 0.857. The zero-order valence-corrected chi connectivity index (χ0v) is 11.9. The van der Waals surface area contributed by atoms with Crippen molar-refractivity contribution in [1.82, 2.24) is 4.90 Å². The quantitative estimate of drug-likeness (QED) is 0.794. The molecule has 19 heavy (non-hydrogen) atoms. The average Bonchev–Trinajstić information content (AvgIpc) is 2.65. The molecule has 1 aliphatic heterocycles. The summed E-state index contributed by atoms with van der Waals surface area (Å²) in [4.78, 5) is 25.1.